The smallest absolute Gasteiger partial charge is 0.303 e. The summed E-state index contributed by atoms with van der Waals surface area (Å²) in [6.07, 6.45) is 20.5. The standard InChI is InChI=1S/C22H40O4/c1-3-5-7-9-11-13-15-19-25-22(18-17-21(23)24)26-20-16-14-12-10-8-6-4-2/h13-16,22H,3-12,17-20H2,1-2H3,(H,23,24)/b15-13-,16-14-. The minimum atomic E-state index is -0.819. The van der Waals surface area contributed by atoms with Gasteiger partial charge in [-0.05, 0) is 25.7 Å². The van der Waals surface area contributed by atoms with Gasteiger partial charge in [-0.15, -0.1) is 0 Å². The Morgan fingerprint density at radius 3 is 1.73 bits per heavy atom. The molecule has 0 aliphatic heterocycles. The highest BCUT2D eigenvalue weighted by molar-refractivity contribution is 5.66. The van der Waals surface area contributed by atoms with Gasteiger partial charge in [0.05, 0.1) is 19.6 Å². The molecule has 0 spiro atoms. The van der Waals surface area contributed by atoms with Crippen LogP contribution < -0.4 is 0 Å². The van der Waals surface area contributed by atoms with E-state index in [9.17, 15) is 4.79 Å². The van der Waals surface area contributed by atoms with E-state index in [4.69, 9.17) is 14.6 Å². The summed E-state index contributed by atoms with van der Waals surface area (Å²) < 4.78 is 11.3. The number of carboxylic acids is 1. The second kappa shape index (κ2) is 20.2. The molecule has 4 heteroatoms. The van der Waals surface area contributed by atoms with Crippen LogP contribution in [0.3, 0.4) is 0 Å². The first-order valence-electron chi connectivity index (χ1n) is 10.5. The van der Waals surface area contributed by atoms with Crippen molar-refractivity contribution < 1.29 is 19.4 Å². The third-order valence-electron chi connectivity index (χ3n) is 4.13. The van der Waals surface area contributed by atoms with Gasteiger partial charge in [-0.3, -0.25) is 4.79 Å². The van der Waals surface area contributed by atoms with Crippen molar-refractivity contribution in [2.45, 2.75) is 97.2 Å². The normalized spacial score (nSPS) is 12.0. The van der Waals surface area contributed by atoms with Crippen molar-refractivity contribution in [3.8, 4) is 0 Å². The predicted molar refractivity (Wildman–Crippen MR) is 108 cm³/mol. The van der Waals surface area contributed by atoms with Crippen molar-refractivity contribution in [3.05, 3.63) is 24.3 Å². The summed E-state index contributed by atoms with van der Waals surface area (Å²) in [7, 11) is 0. The Hall–Kier alpha value is -1.13. The Bertz CT molecular complexity index is 337. The fourth-order valence-electron chi connectivity index (χ4n) is 2.53. The molecular weight excluding hydrogens is 328 g/mol. The first kappa shape index (κ1) is 24.9. The third-order valence-corrected chi connectivity index (χ3v) is 4.13. The number of rotatable bonds is 19. The average Bonchev–Trinajstić information content (AvgIpc) is 2.63. The minimum Gasteiger partial charge on any atom is -0.481 e. The lowest BCUT2D eigenvalue weighted by atomic mass is 10.1. The fraction of sp³-hybridized carbons (Fsp3) is 0.773. The van der Waals surface area contributed by atoms with Crippen LogP contribution in [0.5, 0.6) is 0 Å². The Morgan fingerprint density at radius 1 is 0.808 bits per heavy atom. The second-order valence-corrected chi connectivity index (χ2v) is 6.67. The van der Waals surface area contributed by atoms with Crippen LogP contribution in [0.2, 0.25) is 0 Å². The van der Waals surface area contributed by atoms with Crippen molar-refractivity contribution >= 4 is 5.97 Å². The largest absolute Gasteiger partial charge is 0.481 e. The number of carbonyl (C=O) groups is 1. The van der Waals surface area contributed by atoms with Crippen molar-refractivity contribution in [1.29, 1.82) is 0 Å². The van der Waals surface area contributed by atoms with Gasteiger partial charge in [-0.25, -0.2) is 0 Å². The van der Waals surface area contributed by atoms with E-state index in [2.05, 4.69) is 26.0 Å². The molecular formula is C22H40O4. The Morgan fingerprint density at radius 2 is 1.31 bits per heavy atom. The lowest BCUT2D eigenvalue weighted by molar-refractivity contribution is -0.148. The van der Waals surface area contributed by atoms with Gasteiger partial charge in [-0.2, -0.15) is 0 Å². The summed E-state index contributed by atoms with van der Waals surface area (Å²) in [5.41, 5.74) is 0. The maximum Gasteiger partial charge on any atom is 0.303 e. The molecule has 0 amide bonds. The molecule has 0 heterocycles. The van der Waals surface area contributed by atoms with Crippen LogP contribution in [0.25, 0.3) is 0 Å². The number of hydrogen-bond acceptors (Lipinski definition) is 3. The molecule has 0 aliphatic rings. The molecule has 4 nitrogen and oxygen atoms in total. The van der Waals surface area contributed by atoms with Crippen LogP contribution in [0.15, 0.2) is 24.3 Å². The molecule has 0 bridgehead atoms. The van der Waals surface area contributed by atoms with Crippen LogP contribution in [0.4, 0.5) is 0 Å². The van der Waals surface area contributed by atoms with E-state index in [-0.39, 0.29) is 6.42 Å². The zero-order valence-corrected chi connectivity index (χ0v) is 17.0. The molecule has 0 aromatic carbocycles. The average molecular weight is 369 g/mol. The molecule has 0 aliphatic carbocycles. The van der Waals surface area contributed by atoms with Crippen molar-refractivity contribution in [1.82, 2.24) is 0 Å². The molecule has 0 fully saturated rings. The molecule has 0 aromatic heterocycles. The molecule has 0 unspecified atom stereocenters. The minimum absolute atomic E-state index is 0.0616. The molecule has 0 saturated carbocycles. The quantitative estimate of drug-likeness (QED) is 0.166. The van der Waals surface area contributed by atoms with E-state index < -0.39 is 12.3 Å². The first-order valence-corrected chi connectivity index (χ1v) is 10.5. The SMILES string of the molecule is CCCCCC/C=C\COC(CCC(=O)O)OC/C=C\CCCCCC. The Kier molecular flexibility index (Phi) is 19.3. The van der Waals surface area contributed by atoms with Gasteiger partial charge in [0.15, 0.2) is 6.29 Å². The monoisotopic (exact) mass is 368 g/mol. The van der Waals surface area contributed by atoms with Crippen molar-refractivity contribution in [2.75, 3.05) is 13.2 Å². The summed E-state index contributed by atoms with van der Waals surface area (Å²) in [6, 6.07) is 0. The second-order valence-electron chi connectivity index (χ2n) is 6.67. The summed E-state index contributed by atoms with van der Waals surface area (Å²) in [6.45, 7) is 5.36. The maximum absolute atomic E-state index is 10.8. The third kappa shape index (κ3) is 19.2. The topological polar surface area (TPSA) is 55.8 Å². The van der Waals surface area contributed by atoms with Crippen LogP contribution >= 0.6 is 0 Å². The van der Waals surface area contributed by atoms with Gasteiger partial charge >= 0.3 is 5.97 Å². The molecule has 0 radical (unpaired) electrons. The summed E-state index contributed by atoms with van der Waals surface area (Å²) in [5.74, 6) is -0.819. The summed E-state index contributed by atoms with van der Waals surface area (Å²) >= 11 is 0. The van der Waals surface area contributed by atoms with Crippen LogP contribution in [0.1, 0.15) is 90.9 Å². The van der Waals surface area contributed by atoms with Gasteiger partial charge in [0.1, 0.15) is 0 Å². The van der Waals surface area contributed by atoms with E-state index in [1.165, 1.54) is 51.4 Å². The molecule has 0 aromatic rings. The van der Waals surface area contributed by atoms with Crippen molar-refractivity contribution in [2.24, 2.45) is 0 Å². The van der Waals surface area contributed by atoms with Gasteiger partial charge < -0.3 is 14.6 Å². The molecule has 26 heavy (non-hydrogen) atoms. The van der Waals surface area contributed by atoms with Crippen LogP contribution in [-0.2, 0) is 14.3 Å². The summed E-state index contributed by atoms with van der Waals surface area (Å²) in [5, 5.41) is 8.85. The molecule has 0 saturated heterocycles. The molecule has 0 atom stereocenters. The van der Waals surface area contributed by atoms with E-state index in [1.807, 2.05) is 12.2 Å². The highest BCUT2D eigenvalue weighted by Crippen LogP contribution is 2.07. The van der Waals surface area contributed by atoms with Gasteiger partial charge in [0.25, 0.3) is 0 Å². The fourth-order valence-corrected chi connectivity index (χ4v) is 2.53. The number of carboxylic acid groups (broad SMARTS) is 1. The molecule has 152 valence electrons. The van der Waals surface area contributed by atoms with Gasteiger partial charge in [0, 0.05) is 6.42 Å². The lowest BCUT2D eigenvalue weighted by Gasteiger charge is -2.16. The first-order chi connectivity index (χ1) is 12.7. The Balaban J connectivity index is 3.91. The maximum atomic E-state index is 10.8. The predicted octanol–water partition coefficient (Wildman–Crippen LogP) is 6.26. The van der Waals surface area contributed by atoms with Gasteiger partial charge in [0.2, 0.25) is 0 Å². The zero-order valence-electron chi connectivity index (χ0n) is 17.0. The van der Waals surface area contributed by atoms with E-state index >= 15 is 0 Å². The van der Waals surface area contributed by atoms with Gasteiger partial charge in [-0.1, -0.05) is 76.7 Å². The highest BCUT2D eigenvalue weighted by Gasteiger charge is 2.10. The number of hydrogen-bond donors (Lipinski definition) is 1. The Labute approximate surface area is 160 Å². The number of ether oxygens (including phenoxy) is 2. The molecule has 0 rings (SSSR count). The lowest BCUT2D eigenvalue weighted by Crippen LogP contribution is -2.19. The van der Waals surface area contributed by atoms with E-state index in [0.29, 0.717) is 19.6 Å². The van der Waals surface area contributed by atoms with E-state index in [0.717, 1.165) is 12.8 Å². The number of allylic oxidation sites excluding steroid dienone is 2. The zero-order chi connectivity index (χ0) is 19.3. The molecule has 1 N–H and O–H groups in total. The number of unbranched alkanes of at least 4 members (excludes halogenated alkanes) is 8. The summed E-state index contributed by atoms with van der Waals surface area (Å²) in [4.78, 5) is 10.8. The van der Waals surface area contributed by atoms with E-state index in [1.54, 1.807) is 0 Å². The highest BCUT2D eigenvalue weighted by atomic mass is 16.7. The van der Waals surface area contributed by atoms with Crippen molar-refractivity contribution in [3.63, 3.8) is 0 Å². The van der Waals surface area contributed by atoms with Crippen LogP contribution in [0, 0.1) is 0 Å². The van der Waals surface area contributed by atoms with Crippen LogP contribution in [-0.4, -0.2) is 30.6 Å². The number of aliphatic carboxylic acids is 1.